The van der Waals surface area contributed by atoms with Crippen LogP contribution >= 0.6 is 11.6 Å². The highest BCUT2D eigenvalue weighted by molar-refractivity contribution is 6.30. The molecule has 1 aromatic heterocycles. The Labute approximate surface area is 112 Å². The van der Waals surface area contributed by atoms with Crippen molar-refractivity contribution in [3.63, 3.8) is 0 Å². The first-order chi connectivity index (χ1) is 8.75. The third-order valence-corrected chi connectivity index (χ3v) is 3.17. The highest BCUT2D eigenvalue weighted by Gasteiger charge is 2.08. The third kappa shape index (κ3) is 4.08. The van der Waals surface area contributed by atoms with Crippen LogP contribution in [0.2, 0.25) is 5.02 Å². The van der Waals surface area contributed by atoms with Crippen LogP contribution in [0.25, 0.3) is 0 Å². The normalized spacial score (nSPS) is 16.8. The summed E-state index contributed by atoms with van der Waals surface area (Å²) in [6, 6.07) is 1.27. The Morgan fingerprint density at radius 3 is 2.94 bits per heavy atom. The van der Waals surface area contributed by atoms with Crippen molar-refractivity contribution >= 4 is 17.4 Å². The molecule has 1 aliphatic rings. The quantitative estimate of drug-likeness (QED) is 0.799. The van der Waals surface area contributed by atoms with Crippen molar-refractivity contribution in [1.29, 1.82) is 0 Å². The molecule has 18 heavy (non-hydrogen) atoms. The predicted octanol–water partition coefficient (Wildman–Crippen LogP) is 1.58. The highest BCUT2D eigenvalue weighted by atomic mass is 35.5. The fourth-order valence-electron chi connectivity index (χ4n) is 1.99. The van der Waals surface area contributed by atoms with Crippen LogP contribution in [0.1, 0.15) is 6.42 Å². The lowest BCUT2D eigenvalue weighted by atomic mass is 10.3. The predicted molar refractivity (Wildman–Crippen MR) is 71.6 cm³/mol. The average molecular weight is 273 g/mol. The molecule has 2 heterocycles. The number of pyridine rings is 1. The molecule has 0 amide bonds. The van der Waals surface area contributed by atoms with Crippen LogP contribution in [0.3, 0.4) is 0 Å². The molecule has 1 saturated heterocycles. The Bertz CT molecular complexity index is 382. The fraction of sp³-hybridized carbons (Fsp3) is 0.583. The van der Waals surface area contributed by atoms with Crippen molar-refractivity contribution in [2.24, 2.45) is 0 Å². The molecule has 4 nitrogen and oxygen atoms in total. The molecule has 0 radical (unpaired) electrons. The van der Waals surface area contributed by atoms with Crippen molar-refractivity contribution in [3.05, 3.63) is 23.1 Å². The van der Waals surface area contributed by atoms with Crippen molar-refractivity contribution in [2.75, 3.05) is 44.6 Å². The summed E-state index contributed by atoms with van der Waals surface area (Å²) in [7, 11) is 0. The van der Waals surface area contributed by atoms with E-state index in [2.05, 4.69) is 20.5 Å². The molecule has 2 N–H and O–H groups in total. The van der Waals surface area contributed by atoms with E-state index in [1.165, 1.54) is 12.3 Å². The number of piperazine rings is 1. The molecular weight excluding hydrogens is 255 g/mol. The second-order valence-corrected chi connectivity index (χ2v) is 4.79. The molecule has 1 fully saturated rings. The van der Waals surface area contributed by atoms with Crippen LogP contribution in [0, 0.1) is 5.82 Å². The van der Waals surface area contributed by atoms with Crippen LogP contribution < -0.4 is 10.6 Å². The molecule has 1 aromatic rings. The van der Waals surface area contributed by atoms with E-state index >= 15 is 0 Å². The first kappa shape index (κ1) is 13.5. The molecule has 0 saturated carbocycles. The summed E-state index contributed by atoms with van der Waals surface area (Å²) in [5.74, 6) is -0.121. The number of anilines is 1. The molecule has 0 unspecified atom stereocenters. The molecular formula is C12H18ClFN4. The molecule has 0 aliphatic carbocycles. The molecule has 1 aliphatic heterocycles. The Morgan fingerprint density at radius 2 is 2.22 bits per heavy atom. The minimum Gasteiger partial charge on any atom is -0.368 e. The first-order valence-electron chi connectivity index (χ1n) is 6.24. The zero-order chi connectivity index (χ0) is 12.8. The van der Waals surface area contributed by atoms with Gasteiger partial charge in [0.2, 0.25) is 0 Å². The van der Waals surface area contributed by atoms with Gasteiger partial charge in [-0.15, -0.1) is 0 Å². The molecule has 6 heteroatoms. The van der Waals surface area contributed by atoms with E-state index in [1.54, 1.807) is 0 Å². The van der Waals surface area contributed by atoms with Gasteiger partial charge in [0.25, 0.3) is 0 Å². The maximum Gasteiger partial charge on any atom is 0.166 e. The van der Waals surface area contributed by atoms with Gasteiger partial charge in [0.05, 0.1) is 5.02 Å². The van der Waals surface area contributed by atoms with Crippen molar-refractivity contribution < 1.29 is 4.39 Å². The van der Waals surface area contributed by atoms with Gasteiger partial charge >= 0.3 is 0 Å². The zero-order valence-electron chi connectivity index (χ0n) is 10.3. The van der Waals surface area contributed by atoms with E-state index in [-0.39, 0.29) is 5.82 Å². The number of halogens is 2. The van der Waals surface area contributed by atoms with E-state index < -0.39 is 5.82 Å². The lowest BCUT2D eigenvalue weighted by Crippen LogP contribution is -2.44. The largest absolute Gasteiger partial charge is 0.368 e. The van der Waals surface area contributed by atoms with E-state index in [4.69, 9.17) is 11.6 Å². The Morgan fingerprint density at radius 1 is 1.44 bits per heavy atom. The standard InChI is InChI=1S/C12H18ClFN4/c13-10-8-11(14)12(17-9-10)16-2-1-5-18-6-3-15-4-7-18/h8-9,15H,1-7H2,(H,16,17). The van der Waals surface area contributed by atoms with Crippen molar-refractivity contribution in [3.8, 4) is 0 Å². The van der Waals surface area contributed by atoms with E-state index in [9.17, 15) is 4.39 Å². The summed E-state index contributed by atoms with van der Waals surface area (Å²) < 4.78 is 13.4. The number of hydrogen-bond donors (Lipinski definition) is 2. The number of hydrogen-bond acceptors (Lipinski definition) is 4. The van der Waals surface area contributed by atoms with Gasteiger partial charge in [0, 0.05) is 38.9 Å². The van der Waals surface area contributed by atoms with Gasteiger partial charge < -0.3 is 15.5 Å². The molecule has 0 atom stereocenters. The lowest BCUT2D eigenvalue weighted by molar-refractivity contribution is 0.240. The van der Waals surface area contributed by atoms with E-state index in [0.29, 0.717) is 5.02 Å². The summed E-state index contributed by atoms with van der Waals surface area (Å²) >= 11 is 5.64. The smallest absolute Gasteiger partial charge is 0.166 e. The van der Waals surface area contributed by atoms with Gasteiger partial charge in [-0.2, -0.15) is 0 Å². The SMILES string of the molecule is Fc1cc(Cl)cnc1NCCCN1CCNCC1. The summed E-state index contributed by atoms with van der Waals surface area (Å²) in [5, 5.41) is 6.63. The Hall–Kier alpha value is -0.910. The van der Waals surface area contributed by atoms with Crippen LogP contribution in [-0.4, -0.2) is 49.2 Å². The Balaban J connectivity index is 1.68. The van der Waals surface area contributed by atoms with Gasteiger partial charge in [0.15, 0.2) is 11.6 Å². The highest BCUT2D eigenvalue weighted by Crippen LogP contribution is 2.15. The van der Waals surface area contributed by atoms with Gasteiger partial charge in [-0.25, -0.2) is 9.37 Å². The van der Waals surface area contributed by atoms with Crippen LogP contribution in [0.5, 0.6) is 0 Å². The van der Waals surface area contributed by atoms with E-state index in [1.807, 2.05) is 0 Å². The number of nitrogens with zero attached hydrogens (tertiary/aromatic N) is 2. The first-order valence-corrected chi connectivity index (χ1v) is 6.61. The zero-order valence-corrected chi connectivity index (χ0v) is 11.0. The topological polar surface area (TPSA) is 40.2 Å². The van der Waals surface area contributed by atoms with Crippen molar-refractivity contribution in [1.82, 2.24) is 15.2 Å². The van der Waals surface area contributed by atoms with Crippen LogP contribution in [0.15, 0.2) is 12.3 Å². The lowest BCUT2D eigenvalue weighted by Gasteiger charge is -2.27. The molecule has 0 bridgehead atoms. The second-order valence-electron chi connectivity index (χ2n) is 4.36. The summed E-state index contributed by atoms with van der Waals surface area (Å²) in [4.78, 5) is 6.33. The van der Waals surface area contributed by atoms with Gasteiger partial charge in [-0.05, 0) is 19.0 Å². The number of rotatable bonds is 5. The minimum absolute atomic E-state index is 0.278. The maximum atomic E-state index is 13.4. The average Bonchev–Trinajstić information content (AvgIpc) is 2.38. The maximum absolute atomic E-state index is 13.4. The molecule has 2 rings (SSSR count). The third-order valence-electron chi connectivity index (χ3n) is 2.96. The summed E-state index contributed by atoms with van der Waals surface area (Å²) in [6.07, 6.45) is 2.42. The monoisotopic (exact) mass is 272 g/mol. The Kier molecular flexibility index (Phi) is 5.16. The van der Waals surface area contributed by atoms with Crippen LogP contribution in [0.4, 0.5) is 10.2 Å². The van der Waals surface area contributed by atoms with Crippen molar-refractivity contribution in [2.45, 2.75) is 6.42 Å². The number of nitrogens with one attached hydrogen (secondary N) is 2. The fourth-order valence-corrected chi connectivity index (χ4v) is 2.13. The van der Waals surface area contributed by atoms with Gasteiger partial charge in [-0.1, -0.05) is 11.6 Å². The summed E-state index contributed by atoms with van der Waals surface area (Å²) in [5.41, 5.74) is 0. The van der Waals surface area contributed by atoms with Gasteiger partial charge in [0.1, 0.15) is 0 Å². The molecule has 100 valence electrons. The second kappa shape index (κ2) is 6.87. The molecule has 0 aromatic carbocycles. The number of aromatic nitrogens is 1. The summed E-state index contributed by atoms with van der Waals surface area (Å²) in [6.45, 7) is 6.04. The molecule has 0 spiro atoms. The van der Waals surface area contributed by atoms with Gasteiger partial charge in [-0.3, -0.25) is 0 Å². The van der Waals surface area contributed by atoms with Crippen LogP contribution in [-0.2, 0) is 0 Å². The van der Waals surface area contributed by atoms with E-state index in [0.717, 1.165) is 45.7 Å². The minimum atomic E-state index is -0.398.